The topological polar surface area (TPSA) is 74.1 Å². The van der Waals surface area contributed by atoms with Gasteiger partial charge in [0.15, 0.2) is 5.65 Å². The third-order valence-corrected chi connectivity index (χ3v) is 4.37. The molecule has 0 bridgehead atoms. The smallest absolute Gasteiger partial charge is 0.215 e. The highest BCUT2D eigenvalue weighted by molar-refractivity contribution is 7.90. The Kier molecular flexibility index (Phi) is 4.43. The summed E-state index contributed by atoms with van der Waals surface area (Å²) in [6, 6.07) is 3.18. The van der Waals surface area contributed by atoms with Gasteiger partial charge in [0.25, 0.3) is 0 Å². The molecular formula is C13H18ClN3O3S. The molecule has 0 N–H and O–H groups in total. The molecule has 0 radical (unpaired) electrons. The van der Waals surface area contributed by atoms with Gasteiger partial charge in [-0.15, -0.1) is 11.6 Å². The second-order valence-electron chi connectivity index (χ2n) is 5.09. The van der Waals surface area contributed by atoms with E-state index < -0.39 is 9.84 Å². The molecule has 2 heterocycles. The summed E-state index contributed by atoms with van der Waals surface area (Å²) < 4.78 is 30.0. The zero-order valence-electron chi connectivity index (χ0n) is 12.4. The van der Waals surface area contributed by atoms with E-state index in [0.717, 1.165) is 0 Å². The van der Waals surface area contributed by atoms with Gasteiger partial charge in [-0.3, -0.25) is 0 Å². The number of pyridine rings is 1. The molecule has 0 fully saturated rings. The number of methoxy groups -OCH3 is 1. The molecule has 2 aromatic rings. The quantitative estimate of drug-likeness (QED) is 0.786. The lowest BCUT2D eigenvalue weighted by Gasteiger charge is -2.17. The number of halogens is 1. The maximum atomic E-state index is 11.6. The van der Waals surface area contributed by atoms with Gasteiger partial charge in [-0.25, -0.2) is 13.4 Å². The van der Waals surface area contributed by atoms with Gasteiger partial charge in [-0.2, -0.15) is 4.98 Å². The van der Waals surface area contributed by atoms with E-state index in [0.29, 0.717) is 22.9 Å². The van der Waals surface area contributed by atoms with Crippen molar-refractivity contribution in [2.24, 2.45) is 0 Å². The van der Waals surface area contributed by atoms with Crippen molar-refractivity contribution in [3.8, 4) is 5.88 Å². The van der Waals surface area contributed by atoms with Crippen molar-refractivity contribution in [3.05, 3.63) is 18.0 Å². The van der Waals surface area contributed by atoms with Crippen molar-refractivity contribution in [1.82, 2.24) is 14.5 Å². The number of fused-ring (bicyclic) bond motifs is 1. The normalized spacial score (nSPS) is 15.1. The fraction of sp³-hybridized carbons (Fsp3) is 0.538. The third kappa shape index (κ3) is 3.47. The largest absolute Gasteiger partial charge is 0.481 e. The van der Waals surface area contributed by atoms with Gasteiger partial charge >= 0.3 is 0 Å². The summed E-state index contributed by atoms with van der Waals surface area (Å²) in [5.74, 6) is 1.04. The lowest BCUT2D eigenvalue weighted by Crippen LogP contribution is -2.19. The molecule has 6 nitrogen and oxygen atoms in total. The molecule has 0 aromatic carbocycles. The van der Waals surface area contributed by atoms with Gasteiger partial charge in [0.2, 0.25) is 5.88 Å². The molecule has 0 saturated heterocycles. The summed E-state index contributed by atoms with van der Waals surface area (Å²) in [6.07, 6.45) is 1.21. The van der Waals surface area contributed by atoms with Crippen molar-refractivity contribution >= 4 is 32.6 Å². The van der Waals surface area contributed by atoms with Crippen LogP contribution in [-0.2, 0) is 9.84 Å². The van der Waals surface area contributed by atoms with Crippen LogP contribution in [0.3, 0.4) is 0 Å². The fourth-order valence-electron chi connectivity index (χ4n) is 2.32. The molecule has 0 spiro atoms. The minimum Gasteiger partial charge on any atom is -0.481 e. The molecule has 2 aromatic heterocycles. The van der Waals surface area contributed by atoms with E-state index in [4.69, 9.17) is 16.3 Å². The van der Waals surface area contributed by atoms with E-state index in [9.17, 15) is 8.42 Å². The maximum Gasteiger partial charge on any atom is 0.215 e. The molecule has 2 atom stereocenters. The predicted octanol–water partition coefficient (Wildman–Crippen LogP) is 2.35. The standard InChI is InChI=1S/C13H18ClN3O3S/c1-8(7-21(4,18)19)17-12(9(2)14)15-10-5-6-11(20-3)16-13(10)17/h5-6,8-9H,7H2,1-4H3. The van der Waals surface area contributed by atoms with Crippen LogP contribution < -0.4 is 4.74 Å². The van der Waals surface area contributed by atoms with Crippen LogP contribution in [0.2, 0.25) is 0 Å². The highest BCUT2D eigenvalue weighted by Crippen LogP contribution is 2.28. The Morgan fingerprint density at radius 1 is 1.33 bits per heavy atom. The zero-order chi connectivity index (χ0) is 15.8. The Morgan fingerprint density at radius 2 is 2.00 bits per heavy atom. The number of hydrogen-bond acceptors (Lipinski definition) is 5. The van der Waals surface area contributed by atoms with Gasteiger partial charge in [-0.05, 0) is 19.9 Å². The van der Waals surface area contributed by atoms with Gasteiger partial charge in [0.1, 0.15) is 21.2 Å². The second kappa shape index (κ2) is 5.81. The Bertz CT molecular complexity index is 755. The van der Waals surface area contributed by atoms with Gasteiger partial charge in [0.05, 0.1) is 18.2 Å². The van der Waals surface area contributed by atoms with Crippen LogP contribution in [0.5, 0.6) is 5.88 Å². The first-order valence-electron chi connectivity index (χ1n) is 6.47. The number of aromatic nitrogens is 3. The first kappa shape index (κ1) is 16.0. The first-order valence-corrected chi connectivity index (χ1v) is 8.97. The molecule has 2 rings (SSSR count). The van der Waals surface area contributed by atoms with Crippen LogP contribution in [0.1, 0.15) is 31.1 Å². The summed E-state index contributed by atoms with van der Waals surface area (Å²) in [6.45, 7) is 3.61. The predicted molar refractivity (Wildman–Crippen MR) is 82.8 cm³/mol. The van der Waals surface area contributed by atoms with Crippen LogP contribution in [0.25, 0.3) is 11.2 Å². The SMILES string of the molecule is COc1ccc2nc(C(C)Cl)n(C(C)CS(C)(=O)=O)c2n1. The van der Waals surface area contributed by atoms with Crippen molar-refractivity contribution in [2.45, 2.75) is 25.3 Å². The Morgan fingerprint density at radius 3 is 2.52 bits per heavy atom. The molecule has 0 aliphatic carbocycles. The van der Waals surface area contributed by atoms with Crippen LogP contribution in [0.4, 0.5) is 0 Å². The van der Waals surface area contributed by atoms with E-state index in [1.165, 1.54) is 13.4 Å². The molecule has 116 valence electrons. The number of nitrogens with zero attached hydrogens (tertiary/aromatic N) is 3. The number of sulfone groups is 1. The molecule has 2 unspecified atom stereocenters. The Balaban J connectivity index is 2.64. The summed E-state index contributed by atoms with van der Waals surface area (Å²) in [5, 5.41) is -0.354. The number of imidazole rings is 1. The highest BCUT2D eigenvalue weighted by Gasteiger charge is 2.22. The van der Waals surface area contributed by atoms with Gasteiger partial charge in [0, 0.05) is 18.4 Å². The molecular weight excluding hydrogens is 314 g/mol. The van der Waals surface area contributed by atoms with E-state index in [-0.39, 0.29) is 17.2 Å². The lowest BCUT2D eigenvalue weighted by molar-refractivity contribution is 0.398. The minimum atomic E-state index is -3.13. The first-order chi connectivity index (χ1) is 9.73. The highest BCUT2D eigenvalue weighted by atomic mass is 35.5. The molecule has 0 aliphatic rings. The number of rotatable bonds is 5. The molecule has 8 heteroatoms. The zero-order valence-corrected chi connectivity index (χ0v) is 13.9. The number of ether oxygens (including phenoxy) is 1. The van der Waals surface area contributed by atoms with E-state index in [2.05, 4.69) is 9.97 Å². The van der Waals surface area contributed by atoms with Crippen molar-refractivity contribution in [2.75, 3.05) is 19.1 Å². The van der Waals surface area contributed by atoms with E-state index in [1.54, 1.807) is 23.6 Å². The second-order valence-corrected chi connectivity index (χ2v) is 7.93. The van der Waals surface area contributed by atoms with Crippen molar-refractivity contribution in [1.29, 1.82) is 0 Å². The summed E-state index contributed by atoms with van der Waals surface area (Å²) >= 11 is 6.18. The van der Waals surface area contributed by atoms with Crippen LogP contribution >= 0.6 is 11.6 Å². The molecule has 0 saturated carbocycles. The summed E-state index contributed by atoms with van der Waals surface area (Å²) in [7, 11) is -1.60. The summed E-state index contributed by atoms with van der Waals surface area (Å²) in [4.78, 5) is 8.83. The minimum absolute atomic E-state index is 0.00599. The van der Waals surface area contributed by atoms with E-state index in [1.807, 2.05) is 6.92 Å². The van der Waals surface area contributed by atoms with Crippen LogP contribution in [-0.4, -0.2) is 42.1 Å². The van der Waals surface area contributed by atoms with Gasteiger partial charge < -0.3 is 9.30 Å². The molecule has 21 heavy (non-hydrogen) atoms. The van der Waals surface area contributed by atoms with E-state index >= 15 is 0 Å². The monoisotopic (exact) mass is 331 g/mol. The Hall–Kier alpha value is -1.34. The fourth-order valence-corrected chi connectivity index (χ4v) is 3.49. The number of alkyl halides is 1. The Labute approximate surface area is 129 Å². The van der Waals surface area contributed by atoms with Crippen LogP contribution in [0, 0.1) is 0 Å². The summed E-state index contributed by atoms with van der Waals surface area (Å²) in [5.41, 5.74) is 1.24. The van der Waals surface area contributed by atoms with Crippen LogP contribution in [0.15, 0.2) is 12.1 Å². The third-order valence-electron chi connectivity index (χ3n) is 3.09. The average Bonchev–Trinajstić information content (AvgIpc) is 2.74. The van der Waals surface area contributed by atoms with Crippen molar-refractivity contribution in [3.63, 3.8) is 0 Å². The molecule has 0 aliphatic heterocycles. The number of hydrogen-bond donors (Lipinski definition) is 0. The van der Waals surface area contributed by atoms with Crippen molar-refractivity contribution < 1.29 is 13.2 Å². The molecule has 0 amide bonds. The average molecular weight is 332 g/mol. The maximum absolute atomic E-state index is 11.6. The van der Waals surface area contributed by atoms with Gasteiger partial charge in [-0.1, -0.05) is 0 Å². The lowest BCUT2D eigenvalue weighted by atomic mass is 10.3.